The molecular formula is C22H14O6. The number of rotatable bonds is 3. The molecule has 0 saturated heterocycles. The number of carboxylic acids is 2. The Labute approximate surface area is 158 Å². The van der Waals surface area contributed by atoms with Crippen molar-refractivity contribution in [3.63, 3.8) is 0 Å². The van der Waals surface area contributed by atoms with Gasteiger partial charge in [0, 0.05) is 11.1 Å². The highest BCUT2D eigenvalue weighted by Crippen LogP contribution is 2.46. The van der Waals surface area contributed by atoms with Crippen molar-refractivity contribution < 1.29 is 30.0 Å². The van der Waals surface area contributed by atoms with E-state index in [1.807, 2.05) is 0 Å². The first-order valence-corrected chi connectivity index (χ1v) is 8.36. The first-order chi connectivity index (χ1) is 13.4. The number of benzene rings is 4. The normalized spacial score (nSPS) is 11.0. The smallest absolute Gasteiger partial charge is 0.337 e. The van der Waals surface area contributed by atoms with Gasteiger partial charge in [-0.2, -0.15) is 0 Å². The van der Waals surface area contributed by atoms with Crippen LogP contribution < -0.4 is 0 Å². The van der Waals surface area contributed by atoms with E-state index in [-0.39, 0.29) is 11.1 Å². The molecule has 6 heteroatoms. The molecule has 0 bridgehead atoms. The summed E-state index contributed by atoms with van der Waals surface area (Å²) in [7, 11) is 0. The molecule has 0 spiro atoms. The van der Waals surface area contributed by atoms with Crippen molar-refractivity contribution in [3.05, 3.63) is 71.8 Å². The van der Waals surface area contributed by atoms with Crippen LogP contribution in [0.15, 0.2) is 60.7 Å². The molecule has 4 aromatic carbocycles. The lowest BCUT2D eigenvalue weighted by atomic mass is 9.86. The molecule has 4 aromatic rings. The summed E-state index contributed by atoms with van der Waals surface area (Å²) in [4.78, 5) is 23.9. The summed E-state index contributed by atoms with van der Waals surface area (Å²) in [5, 5.41) is 42.4. The van der Waals surface area contributed by atoms with Crippen LogP contribution in [-0.4, -0.2) is 32.4 Å². The Hall–Kier alpha value is -4.06. The second-order valence-corrected chi connectivity index (χ2v) is 6.35. The number of phenols is 2. The van der Waals surface area contributed by atoms with Gasteiger partial charge in [0.05, 0.1) is 11.1 Å². The van der Waals surface area contributed by atoms with E-state index in [4.69, 9.17) is 0 Å². The van der Waals surface area contributed by atoms with Crippen molar-refractivity contribution >= 4 is 33.5 Å². The topological polar surface area (TPSA) is 115 Å². The van der Waals surface area contributed by atoms with Crippen LogP contribution in [0.1, 0.15) is 20.7 Å². The second kappa shape index (κ2) is 6.28. The fourth-order valence-corrected chi connectivity index (χ4v) is 3.57. The summed E-state index contributed by atoms with van der Waals surface area (Å²) in [6.07, 6.45) is 0. The van der Waals surface area contributed by atoms with Crippen molar-refractivity contribution in [3.8, 4) is 22.6 Å². The number of carbonyl (C=O) groups is 2. The lowest BCUT2D eigenvalue weighted by Crippen LogP contribution is -2.10. The van der Waals surface area contributed by atoms with Gasteiger partial charge in [-0.3, -0.25) is 0 Å². The summed E-state index contributed by atoms with van der Waals surface area (Å²) in [5.41, 5.74) is -0.717. The van der Waals surface area contributed by atoms with Crippen LogP contribution in [-0.2, 0) is 0 Å². The Bertz CT molecular complexity index is 1290. The van der Waals surface area contributed by atoms with Gasteiger partial charge in [0.25, 0.3) is 0 Å². The number of carboxylic acid groups (broad SMARTS) is 2. The maximum absolute atomic E-state index is 12.1. The summed E-state index contributed by atoms with van der Waals surface area (Å²) in [5.74, 6) is -3.76. The minimum absolute atomic E-state index is 0.0487. The highest BCUT2D eigenvalue weighted by Gasteiger charge is 2.27. The average Bonchev–Trinajstić information content (AvgIpc) is 2.67. The van der Waals surface area contributed by atoms with Crippen molar-refractivity contribution in [2.24, 2.45) is 0 Å². The Balaban J connectivity index is 2.33. The minimum Gasteiger partial charge on any atom is -0.504 e. The average molecular weight is 374 g/mol. The van der Waals surface area contributed by atoms with E-state index in [1.54, 1.807) is 48.5 Å². The minimum atomic E-state index is -1.44. The van der Waals surface area contributed by atoms with Crippen LogP contribution in [0.5, 0.6) is 11.5 Å². The van der Waals surface area contributed by atoms with E-state index < -0.39 is 34.6 Å². The Kier molecular flexibility index (Phi) is 3.89. The van der Waals surface area contributed by atoms with E-state index in [1.165, 1.54) is 12.1 Å². The van der Waals surface area contributed by atoms with Gasteiger partial charge in [0.1, 0.15) is 0 Å². The number of aromatic carboxylic acids is 2. The summed E-state index contributed by atoms with van der Waals surface area (Å²) in [6, 6.07) is 16.2. The molecule has 0 aromatic heterocycles. The van der Waals surface area contributed by atoms with Gasteiger partial charge >= 0.3 is 11.9 Å². The molecule has 0 atom stereocenters. The summed E-state index contributed by atoms with van der Waals surface area (Å²) in [6.45, 7) is 0. The van der Waals surface area contributed by atoms with Crippen LogP contribution in [0.3, 0.4) is 0 Å². The van der Waals surface area contributed by atoms with Crippen LogP contribution in [0.4, 0.5) is 0 Å². The zero-order valence-electron chi connectivity index (χ0n) is 14.4. The molecule has 0 fully saturated rings. The highest BCUT2D eigenvalue weighted by molar-refractivity contribution is 6.18. The van der Waals surface area contributed by atoms with E-state index in [9.17, 15) is 30.0 Å². The molecule has 6 nitrogen and oxygen atoms in total. The standard InChI is InChI=1S/C22H14O6/c23-16-10-12-6-2-4-8-14(12)18(20(16)24)17-13-7-3-1-5-11(13)9-15(21(25)26)19(17)22(27)28/h1-10,23-24H,(H,25,26)(H,27,28). The van der Waals surface area contributed by atoms with Gasteiger partial charge in [-0.05, 0) is 33.7 Å². The van der Waals surface area contributed by atoms with Crippen molar-refractivity contribution in [1.82, 2.24) is 0 Å². The number of fused-ring (bicyclic) bond motifs is 2. The predicted molar refractivity (Wildman–Crippen MR) is 104 cm³/mol. The maximum Gasteiger partial charge on any atom is 0.337 e. The molecule has 0 unspecified atom stereocenters. The molecule has 28 heavy (non-hydrogen) atoms. The molecule has 0 aliphatic rings. The lowest BCUT2D eigenvalue weighted by Gasteiger charge is -2.17. The van der Waals surface area contributed by atoms with E-state index in [2.05, 4.69) is 0 Å². The maximum atomic E-state index is 12.1. The van der Waals surface area contributed by atoms with Crippen LogP contribution in [0.2, 0.25) is 0 Å². The van der Waals surface area contributed by atoms with E-state index >= 15 is 0 Å². The predicted octanol–water partition coefficient (Wildman–Crippen LogP) is 4.47. The Morgan fingerprint density at radius 3 is 1.79 bits per heavy atom. The molecule has 0 heterocycles. The molecule has 0 saturated carbocycles. The quantitative estimate of drug-likeness (QED) is 0.393. The van der Waals surface area contributed by atoms with Gasteiger partial charge in [0.2, 0.25) is 0 Å². The van der Waals surface area contributed by atoms with Gasteiger partial charge in [-0.1, -0.05) is 48.5 Å². The first-order valence-electron chi connectivity index (χ1n) is 8.36. The number of phenolic OH excluding ortho intramolecular Hbond substituents is 2. The molecule has 4 N–H and O–H groups in total. The molecule has 0 amide bonds. The first kappa shape index (κ1) is 17.4. The van der Waals surface area contributed by atoms with Gasteiger partial charge < -0.3 is 20.4 Å². The fourth-order valence-electron chi connectivity index (χ4n) is 3.57. The molecule has 0 aliphatic heterocycles. The van der Waals surface area contributed by atoms with Crippen LogP contribution in [0, 0.1) is 0 Å². The van der Waals surface area contributed by atoms with Crippen molar-refractivity contribution in [2.75, 3.05) is 0 Å². The van der Waals surface area contributed by atoms with Crippen LogP contribution >= 0.6 is 0 Å². The summed E-state index contributed by atoms with van der Waals surface area (Å²) >= 11 is 0. The summed E-state index contributed by atoms with van der Waals surface area (Å²) < 4.78 is 0. The monoisotopic (exact) mass is 374 g/mol. The molecule has 0 aliphatic carbocycles. The SMILES string of the molecule is O=C(O)c1cc2ccccc2c(-c2c(O)c(O)cc3ccccc23)c1C(=O)O. The highest BCUT2D eigenvalue weighted by atomic mass is 16.4. The van der Waals surface area contributed by atoms with Crippen molar-refractivity contribution in [2.45, 2.75) is 0 Å². The van der Waals surface area contributed by atoms with E-state index in [0.717, 1.165) is 0 Å². The number of hydrogen-bond acceptors (Lipinski definition) is 4. The number of aromatic hydroxyl groups is 2. The van der Waals surface area contributed by atoms with Gasteiger partial charge in [-0.15, -0.1) is 0 Å². The zero-order valence-corrected chi connectivity index (χ0v) is 14.4. The van der Waals surface area contributed by atoms with Crippen LogP contribution in [0.25, 0.3) is 32.7 Å². The Morgan fingerprint density at radius 1 is 0.679 bits per heavy atom. The largest absolute Gasteiger partial charge is 0.504 e. The molecule has 138 valence electrons. The zero-order chi connectivity index (χ0) is 20.0. The number of hydrogen-bond donors (Lipinski definition) is 4. The third-order valence-electron chi connectivity index (χ3n) is 4.75. The molecule has 4 rings (SSSR count). The second-order valence-electron chi connectivity index (χ2n) is 6.35. The molecular weight excluding hydrogens is 360 g/mol. The Morgan fingerprint density at radius 2 is 1.21 bits per heavy atom. The molecule has 0 radical (unpaired) electrons. The van der Waals surface area contributed by atoms with E-state index in [0.29, 0.717) is 21.5 Å². The van der Waals surface area contributed by atoms with Gasteiger partial charge in [-0.25, -0.2) is 9.59 Å². The van der Waals surface area contributed by atoms with Crippen molar-refractivity contribution in [1.29, 1.82) is 0 Å². The third kappa shape index (κ3) is 2.51. The van der Waals surface area contributed by atoms with Gasteiger partial charge in [0.15, 0.2) is 11.5 Å². The fraction of sp³-hybridized carbons (Fsp3) is 0. The third-order valence-corrected chi connectivity index (χ3v) is 4.75. The lowest BCUT2D eigenvalue weighted by molar-refractivity contribution is 0.0652.